The molecule has 0 aromatic heterocycles. The lowest BCUT2D eigenvalue weighted by atomic mass is 10.1. The molecule has 1 aromatic carbocycles. The monoisotopic (exact) mass is 328 g/mol. The minimum atomic E-state index is 0.102. The number of rotatable bonds is 2. The molecule has 3 aliphatic rings. The van der Waals surface area contributed by atoms with Crippen LogP contribution in [0.4, 0.5) is 10.5 Å². The number of anilines is 1. The van der Waals surface area contributed by atoms with Crippen molar-refractivity contribution in [1.29, 1.82) is 0 Å². The van der Waals surface area contributed by atoms with Crippen LogP contribution in [0.5, 0.6) is 0 Å². The Labute approximate surface area is 144 Å². The Morgan fingerprint density at radius 2 is 1.79 bits per heavy atom. The largest absolute Gasteiger partial charge is 0.373 e. The van der Waals surface area contributed by atoms with Gasteiger partial charge in [0.25, 0.3) is 0 Å². The van der Waals surface area contributed by atoms with Crippen LogP contribution in [-0.2, 0) is 6.54 Å². The lowest BCUT2D eigenvalue weighted by Gasteiger charge is -2.33. The normalized spacial score (nSPS) is 22.9. The van der Waals surface area contributed by atoms with Gasteiger partial charge in [-0.15, -0.1) is 0 Å². The number of urea groups is 1. The highest BCUT2D eigenvalue weighted by Gasteiger charge is 2.32. The van der Waals surface area contributed by atoms with E-state index in [1.165, 1.54) is 24.1 Å². The minimum Gasteiger partial charge on any atom is -0.373 e. The molecule has 1 aliphatic carbocycles. The van der Waals surface area contributed by atoms with Gasteiger partial charge in [0.2, 0.25) is 0 Å². The Hall–Kier alpha value is -1.75. The van der Waals surface area contributed by atoms with E-state index >= 15 is 0 Å². The second-order valence-corrected chi connectivity index (χ2v) is 7.46. The summed E-state index contributed by atoms with van der Waals surface area (Å²) in [6.07, 6.45) is 4.93. The van der Waals surface area contributed by atoms with Crippen molar-refractivity contribution in [2.75, 3.05) is 38.1 Å². The fraction of sp³-hybridized carbons (Fsp3) is 0.632. The first kappa shape index (κ1) is 15.8. The van der Waals surface area contributed by atoms with E-state index in [9.17, 15) is 4.79 Å². The molecule has 0 bridgehead atoms. The molecule has 24 heavy (non-hydrogen) atoms. The summed E-state index contributed by atoms with van der Waals surface area (Å²) < 4.78 is 0. The molecule has 5 heteroatoms. The summed E-state index contributed by atoms with van der Waals surface area (Å²) in [7, 11) is 2.10. The lowest BCUT2D eigenvalue weighted by molar-refractivity contribution is 0.168. The highest BCUT2D eigenvalue weighted by molar-refractivity contribution is 5.75. The quantitative estimate of drug-likeness (QED) is 0.905. The number of likely N-dealkylation sites (N-methyl/N-ethyl adjacent to an activating group) is 1. The summed E-state index contributed by atoms with van der Waals surface area (Å²) in [5.41, 5.74) is 2.47. The number of likely N-dealkylation sites (tertiary alicyclic amines) is 1. The van der Waals surface area contributed by atoms with Crippen molar-refractivity contribution in [2.24, 2.45) is 0 Å². The molecule has 1 aromatic rings. The zero-order chi connectivity index (χ0) is 16.5. The first-order valence-corrected chi connectivity index (χ1v) is 9.29. The van der Waals surface area contributed by atoms with Gasteiger partial charge in [0.1, 0.15) is 0 Å². The summed E-state index contributed by atoms with van der Waals surface area (Å²) in [6.45, 7) is 4.64. The molecule has 0 atom stereocenters. The van der Waals surface area contributed by atoms with Crippen molar-refractivity contribution >= 4 is 11.7 Å². The number of piperidine rings is 1. The molecule has 1 saturated carbocycles. The van der Waals surface area contributed by atoms with Crippen LogP contribution in [-0.4, -0.2) is 61.1 Å². The number of nitrogens with zero attached hydrogens (tertiary/aromatic N) is 3. The first-order valence-electron chi connectivity index (χ1n) is 9.29. The number of carbonyl (C=O) groups is 1. The van der Waals surface area contributed by atoms with Gasteiger partial charge < -0.3 is 20.0 Å². The van der Waals surface area contributed by atoms with Gasteiger partial charge >= 0.3 is 6.03 Å². The zero-order valence-electron chi connectivity index (χ0n) is 14.6. The number of para-hydroxylation sites is 1. The SMILES string of the molecule is CN1CCN(C(=O)NC2CCN(C3CC3)CC2)Cc2ccccc21. The maximum Gasteiger partial charge on any atom is 0.317 e. The fourth-order valence-corrected chi connectivity index (χ4v) is 3.98. The summed E-state index contributed by atoms with van der Waals surface area (Å²) in [5, 5.41) is 3.28. The number of amides is 2. The Kier molecular flexibility index (Phi) is 4.35. The summed E-state index contributed by atoms with van der Waals surface area (Å²) in [6, 6.07) is 9.68. The van der Waals surface area contributed by atoms with Crippen molar-refractivity contribution in [3.8, 4) is 0 Å². The van der Waals surface area contributed by atoms with Crippen molar-refractivity contribution in [1.82, 2.24) is 15.1 Å². The van der Waals surface area contributed by atoms with Gasteiger partial charge in [-0.2, -0.15) is 0 Å². The predicted octanol–water partition coefficient (Wildman–Crippen LogP) is 2.27. The highest BCUT2D eigenvalue weighted by atomic mass is 16.2. The Morgan fingerprint density at radius 1 is 1.04 bits per heavy atom. The molecule has 2 fully saturated rings. The van der Waals surface area contributed by atoms with E-state index in [0.717, 1.165) is 45.1 Å². The second-order valence-electron chi connectivity index (χ2n) is 7.46. The zero-order valence-corrected chi connectivity index (χ0v) is 14.6. The molecule has 0 spiro atoms. The van der Waals surface area contributed by atoms with Crippen LogP contribution in [0.3, 0.4) is 0 Å². The van der Waals surface area contributed by atoms with Gasteiger partial charge in [0.15, 0.2) is 0 Å². The van der Waals surface area contributed by atoms with Gasteiger partial charge in [-0.3, -0.25) is 0 Å². The molecule has 2 heterocycles. The van der Waals surface area contributed by atoms with Crippen LogP contribution in [0.15, 0.2) is 24.3 Å². The number of fused-ring (bicyclic) bond motifs is 1. The van der Waals surface area contributed by atoms with E-state index in [1.807, 2.05) is 4.90 Å². The van der Waals surface area contributed by atoms with E-state index in [2.05, 4.69) is 46.4 Å². The standard InChI is InChI=1S/C19H28N4O/c1-21-12-13-23(14-15-4-2-3-5-18(15)21)19(24)20-16-8-10-22(11-9-16)17-6-7-17/h2-5,16-17H,6-14H2,1H3,(H,20,24). The molecule has 1 saturated heterocycles. The van der Waals surface area contributed by atoms with Gasteiger partial charge in [-0.05, 0) is 37.3 Å². The summed E-state index contributed by atoms with van der Waals surface area (Å²) >= 11 is 0. The van der Waals surface area contributed by atoms with Crippen LogP contribution in [0, 0.1) is 0 Å². The number of hydrogen-bond donors (Lipinski definition) is 1. The number of carbonyl (C=O) groups excluding carboxylic acids is 1. The van der Waals surface area contributed by atoms with Crippen LogP contribution in [0.1, 0.15) is 31.2 Å². The third kappa shape index (κ3) is 3.36. The van der Waals surface area contributed by atoms with Gasteiger partial charge in [-0.25, -0.2) is 4.79 Å². The van der Waals surface area contributed by atoms with Crippen LogP contribution in [0.25, 0.3) is 0 Å². The molecule has 4 rings (SSSR count). The third-order valence-electron chi connectivity index (χ3n) is 5.68. The van der Waals surface area contributed by atoms with E-state index in [-0.39, 0.29) is 6.03 Å². The van der Waals surface area contributed by atoms with Crippen molar-refractivity contribution in [3.63, 3.8) is 0 Å². The average molecular weight is 328 g/mol. The molecule has 130 valence electrons. The lowest BCUT2D eigenvalue weighted by Crippen LogP contribution is -2.50. The first-order chi connectivity index (χ1) is 11.7. The van der Waals surface area contributed by atoms with Crippen molar-refractivity contribution < 1.29 is 4.79 Å². The minimum absolute atomic E-state index is 0.102. The Bertz CT molecular complexity index is 593. The van der Waals surface area contributed by atoms with E-state index < -0.39 is 0 Å². The highest BCUT2D eigenvalue weighted by Crippen LogP contribution is 2.29. The van der Waals surface area contributed by atoms with Gasteiger partial charge in [-0.1, -0.05) is 18.2 Å². The van der Waals surface area contributed by atoms with E-state index in [0.29, 0.717) is 12.6 Å². The molecule has 2 aliphatic heterocycles. The molecule has 0 radical (unpaired) electrons. The third-order valence-corrected chi connectivity index (χ3v) is 5.68. The Morgan fingerprint density at radius 3 is 2.54 bits per heavy atom. The maximum atomic E-state index is 12.7. The molecule has 0 unspecified atom stereocenters. The number of benzene rings is 1. The van der Waals surface area contributed by atoms with Crippen LogP contribution in [0.2, 0.25) is 0 Å². The van der Waals surface area contributed by atoms with Crippen LogP contribution < -0.4 is 10.2 Å². The Balaban J connectivity index is 1.35. The molecule has 1 N–H and O–H groups in total. The molecule has 2 amide bonds. The topological polar surface area (TPSA) is 38.8 Å². The molecular formula is C19H28N4O. The van der Waals surface area contributed by atoms with Crippen LogP contribution >= 0.6 is 0 Å². The number of hydrogen-bond acceptors (Lipinski definition) is 3. The van der Waals surface area contributed by atoms with Crippen molar-refractivity contribution in [2.45, 2.75) is 44.3 Å². The molecule has 5 nitrogen and oxygen atoms in total. The molecular weight excluding hydrogens is 300 g/mol. The summed E-state index contributed by atoms with van der Waals surface area (Å²) in [5.74, 6) is 0. The van der Waals surface area contributed by atoms with E-state index in [4.69, 9.17) is 0 Å². The average Bonchev–Trinajstić information content (AvgIpc) is 3.44. The van der Waals surface area contributed by atoms with Crippen molar-refractivity contribution in [3.05, 3.63) is 29.8 Å². The smallest absolute Gasteiger partial charge is 0.317 e. The van der Waals surface area contributed by atoms with Gasteiger partial charge in [0.05, 0.1) is 0 Å². The predicted molar refractivity (Wildman–Crippen MR) is 96.3 cm³/mol. The second kappa shape index (κ2) is 6.63. The number of nitrogens with one attached hydrogen (secondary N) is 1. The maximum absolute atomic E-state index is 12.7. The fourth-order valence-electron chi connectivity index (χ4n) is 3.98. The summed E-state index contributed by atoms with van der Waals surface area (Å²) in [4.78, 5) is 19.6. The van der Waals surface area contributed by atoms with Gasteiger partial charge in [0, 0.05) is 57.5 Å². The van der Waals surface area contributed by atoms with E-state index in [1.54, 1.807) is 0 Å².